The first-order chi connectivity index (χ1) is 5.74. The zero-order chi connectivity index (χ0) is 8.97. The second kappa shape index (κ2) is 4.48. The molecule has 1 rings (SSSR count). The summed E-state index contributed by atoms with van der Waals surface area (Å²) in [4.78, 5) is 0.470. The van der Waals surface area contributed by atoms with E-state index < -0.39 is 0 Å². The van der Waals surface area contributed by atoms with Crippen LogP contribution in [0.4, 0.5) is 0 Å². The predicted molar refractivity (Wildman–Crippen MR) is 59.5 cm³/mol. The summed E-state index contributed by atoms with van der Waals surface area (Å²) in [5, 5.41) is 0. The minimum absolute atomic E-state index is 0.470. The fraction of sp³-hybridized carbons (Fsp3) is 0.222. The highest BCUT2D eigenvalue weighted by Crippen LogP contribution is 2.10. The Hall–Kier alpha value is -0.540. The predicted octanol–water partition coefficient (Wildman–Crippen LogP) is 2.18. The zero-order valence-corrected chi connectivity index (χ0v) is 8.54. The lowest BCUT2D eigenvalue weighted by molar-refractivity contribution is 1.41. The molecule has 0 unspecified atom stereocenters. The first-order valence-corrected chi connectivity index (χ1v) is 5.42. The lowest BCUT2D eigenvalue weighted by atomic mass is 10.1. The summed E-state index contributed by atoms with van der Waals surface area (Å²) in [6, 6.07) is 8.04. The zero-order valence-electron chi connectivity index (χ0n) is 6.91. The molecule has 0 heterocycles. The van der Waals surface area contributed by atoms with E-state index in [4.69, 9.17) is 18.0 Å². The molecule has 1 aromatic rings. The van der Waals surface area contributed by atoms with Gasteiger partial charge in [-0.3, -0.25) is 0 Å². The van der Waals surface area contributed by atoms with Crippen molar-refractivity contribution in [3.63, 3.8) is 0 Å². The van der Waals surface area contributed by atoms with Gasteiger partial charge in [-0.25, -0.2) is 0 Å². The van der Waals surface area contributed by atoms with Crippen molar-refractivity contribution >= 4 is 29.0 Å². The molecule has 0 amide bonds. The number of hydrogen-bond donors (Lipinski definition) is 1. The van der Waals surface area contributed by atoms with Crippen molar-refractivity contribution in [2.75, 3.05) is 6.26 Å². The normalized spacial score (nSPS) is 9.75. The number of thiocarbonyl (C=S) groups is 1. The van der Waals surface area contributed by atoms with Crippen LogP contribution in [0.2, 0.25) is 0 Å². The van der Waals surface area contributed by atoms with Gasteiger partial charge in [0.05, 0.1) is 0 Å². The SMILES string of the molecule is CSCc1cccc(C(N)=S)c1. The van der Waals surface area contributed by atoms with Gasteiger partial charge in [0.15, 0.2) is 0 Å². The number of nitrogens with two attached hydrogens (primary N) is 1. The molecule has 0 saturated heterocycles. The average molecular weight is 197 g/mol. The second-order valence-corrected chi connectivity index (χ2v) is 3.80. The van der Waals surface area contributed by atoms with Crippen LogP contribution in [0, 0.1) is 0 Å². The van der Waals surface area contributed by atoms with Crippen molar-refractivity contribution in [1.29, 1.82) is 0 Å². The van der Waals surface area contributed by atoms with E-state index in [2.05, 4.69) is 12.3 Å². The fourth-order valence-electron chi connectivity index (χ4n) is 0.981. The van der Waals surface area contributed by atoms with Crippen molar-refractivity contribution in [3.8, 4) is 0 Å². The second-order valence-electron chi connectivity index (χ2n) is 2.50. The van der Waals surface area contributed by atoms with Gasteiger partial charge < -0.3 is 5.73 Å². The van der Waals surface area contributed by atoms with Crippen LogP contribution in [0.5, 0.6) is 0 Å². The van der Waals surface area contributed by atoms with Crippen LogP contribution in [-0.2, 0) is 5.75 Å². The Morgan fingerprint density at radius 3 is 2.92 bits per heavy atom. The summed E-state index contributed by atoms with van der Waals surface area (Å²) in [6.45, 7) is 0. The van der Waals surface area contributed by atoms with Crippen molar-refractivity contribution in [3.05, 3.63) is 35.4 Å². The first kappa shape index (κ1) is 9.55. The highest BCUT2D eigenvalue weighted by molar-refractivity contribution is 7.97. The van der Waals surface area contributed by atoms with Crippen molar-refractivity contribution in [2.45, 2.75) is 5.75 Å². The topological polar surface area (TPSA) is 26.0 Å². The average Bonchev–Trinajstić information content (AvgIpc) is 2.05. The first-order valence-electron chi connectivity index (χ1n) is 3.61. The molecule has 64 valence electrons. The van der Waals surface area contributed by atoms with Crippen LogP contribution in [0.15, 0.2) is 24.3 Å². The molecule has 0 fully saturated rings. The summed E-state index contributed by atoms with van der Waals surface area (Å²) in [6.07, 6.45) is 2.08. The van der Waals surface area contributed by atoms with Gasteiger partial charge in [-0.05, 0) is 17.9 Å². The van der Waals surface area contributed by atoms with Crippen LogP contribution in [0.1, 0.15) is 11.1 Å². The van der Waals surface area contributed by atoms with Crippen molar-refractivity contribution < 1.29 is 0 Å². The van der Waals surface area contributed by atoms with E-state index in [0.717, 1.165) is 11.3 Å². The molecule has 2 N–H and O–H groups in total. The maximum Gasteiger partial charge on any atom is 0.103 e. The quantitative estimate of drug-likeness (QED) is 0.752. The Kier molecular flexibility index (Phi) is 3.56. The van der Waals surface area contributed by atoms with E-state index in [9.17, 15) is 0 Å². The number of benzene rings is 1. The lowest BCUT2D eigenvalue weighted by Crippen LogP contribution is -2.09. The third-order valence-corrected chi connectivity index (χ3v) is 2.38. The summed E-state index contributed by atoms with van der Waals surface area (Å²) in [5.74, 6) is 1.01. The van der Waals surface area contributed by atoms with Gasteiger partial charge in [0, 0.05) is 11.3 Å². The van der Waals surface area contributed by atoms with E-state index in [1.807, 2.05) is 18.2 Å². The number of rotatable bonds is 3. The molecule has 0 aliphatic carbocycles. The van der Waals surface area contributed by atoms with Gasteiger partial charge >= 0.3 is 0 Å². The summed E-state index contributed by atoms with van der Waals surface area (Å²) in [7, 11) is 0. The van der Waals surface area contributed by atoms with E-state index >= 15 is 0 Å². The number of thioether (sulfide) groups is 1. The molecule has 0 radical (unpaired) electrons. The molecule has 0 aliphatic rings. The van der Waals surface area contributed by atoms with E-state index in [0.29, 0.717) is 4.99 Å². The molecule has 0 aromatic heterocycles. The Labute approximate surface area is 82.3 Å². The maximum absolute atomic E-state index is 5.50. The highest BCUT2D eigenvalue weighted by atomic mass is 32.2. The Balaban J connectivity index is 2.88. The van der Waals surface area contributed by atoms with Gasteiger partial charge in [0.25, 0.3) is 0 Å². The molecule has 1 nitrogen and oxygen atoms in total. The molecule has 0 spiro atoms. The van der Waals surface area contributed by atoms with Crippen LogP contribution in [0.3, 0.4) is 0 Å². The molecule has 0 bridgehead atoms. The maximum atomic E-state index is 5.50. The highest BCUT2D eigenvalue weighted by Gasteiger charge is 1.96. The summed E-state index contributed by atoms with van der Waals surface area (Å²) >= 11 is 6.67. The lowest BCUT2D eigenvalue weighted by Gasteiger charge is -2.01. The Bertz CT molecular complexity index is 284. The molecule has 1 aromatic carbocycles. The minimum atomic E-state index is 0.470. The van der Waals surface area contributed by atoms with Gasteiger partial charge in [0.1, 0.15) is 4.99 Å². The fourth-order valence-corrected chi connectivity index (χ4v) is 1.62. The van der Waals surface area contributed by atoms with Crippen LogP contribution < -0.4 is 5.73 Å². The molecule has 0 aliphatic heterocycles. The smallest absolute Gasteiger partial charge is 0.103 e. The molecule has 3 heteroatoms. The summed E-state index contributed by atoms with van der Waals surface area (Å²) in [5.41, 5.74) is 7.73. The monoisotopic (exact) mass is 197 g/mol. The van der Waals surface area contributed by atoms with E-state index in [1.165, 1.54) is 5.56 Å². The molecular weight excluding hydrogens is 186 g/mol. The van der Waals surface area contributed by atoms with Gasteiger partial charge in [-0.15, -0.1) is 0 Å². The van der Waals surface area contributed by atoms with E-state index in [1.54, 1.807) is 11.8 Å². The Morgan fingerprint density at radius 1 is 1.58 bits per heavy atom. The third-order valence-electron chi connectivity index (χ3n) is 1.52. The van der Waals surface area contributed by atoms with Crippen LogP contribution in [0.25, 0.3) is 0 Å². The minimum Gasteiger partial charge on any atom is -0.389 e. The van der Waals surface area contributed by atoms with Gasteiger partial charge in [0.2, 0.25) is 0 Å². The van der Waals surface area contributed by atoms with Gasteiger partial charge in [-0.2, -0.15) is 11.8 Å². The van der Waals surface area contributed by atoms with E-state index in [-0.39, 0.29) is 0 Å². The van der Waals surface area contributed by atoms with Crippen LogP contribution >= 0.6 is 24.0 Å². The van der Waals surface area contributed by atoms with Crippen molar-refractivity contribution in [1.82, 2.24) is 0 Å². The van der Waals surface area contributed by atoms with Crippen molar-refractivity contribution in [2.24, 2.45) is 5.73 Å². The Morgan fingerprint density at radius 2 is 2.33 bits per heavy atom. The molecule has 0 atom stereocenters. The number of hydrogen-bond acceptors (Lipinski definition) is 2. The largest absolute Gasteiger partial charge is 0.389 e. The molecule has 12 heavy (non-hydrogen) atoms. The van der Waals surface area contributed by atoms with Crippen LogP contribution in [-0.4, -0.2) is 11.2 Å². The van der Waals surface area contributed by atoms with Gasteiger partial charge in [-0.1, -0.05) is 30.4 Å². The molecular formula is C9H11NS2. The molecule has 0 saturated carbocycles. The standard InChI is InChI=1S/C9H11NS2/c1-12-6-7-3-2-4-8(5-7)9(10)11/h2-5H,6H2,1H3,(H2,10,11). The third kappa shape index (κ3) is 2.50. The summed E-state index contributed by atoms with van der Waals surface area (Å²) < 4.78 is 0.